The van der Waals surface area contributed by atoms with E-state index >= 15 is 0 Å². The number of rotatable bonds is 2. The lowest BCUT2D eigenvalue weighted by Crippen LogP contribution is -2.21. The predicted octanol–water partition coefficient (Wildman–Crippen LogP) is 2.31. The Bertz CT molecular complexity index is 576. The Balaban J connectivity index is 1.92. The molecule has 0 unspecified atom stereocenters. The van der Waals surface area contributed by atoms with Gasteiger partial charge in [0.05, 0.1) is 16.6 Å². The fourth-order valence-electron chi connectivity index (χ4n) is 2.31. The molecule has 2 aromatic rings. The summed E-state index contributed by atoms with van der Waals surface area (Å²) in [5, 5.41) is 13.4. The molecule has 5 heteroatoms. The van der Waals surface area contributed by atoms with E-state index in [0.29, 0.717) is 12.2 Å². The third-order valence-corrected chi connectivity index (χ3v) is 3.74. The predicted molar refractivity (Wildman–Crippen MR) is 72.2 cm³/mol. The van der Waals surface area contributed by atoms with Crippen LogP contribution >= 0.6 is 15.9 Å². The van der Waals surface area contributed by atoms with Crippen LogP contribution in [-0.2, 0) is 6.42 Å². The fraction of sp³-hybridized carbons (Fsp3) is 0.231. The summed E-state index contributed by atoms with van der Waals surface area (Å²) in [5.74, 6) is 0.700. The monoisotopic (exact) mass is 305 g/mol. The van der Waals surface area contributed by atoms with E-state index in [4.69, 9.17) is 0 Å². The van der Waals surface area contributed by atoms with Crippen molar-refractivity contribution in [3.05, 3.63) is 52.4 Å². The normalized spacial score (nSPS) is 21.7. The van der Waals surface area contributed by atoms with Gasteiger partial charge in [0, 0.05) is 12.6 Å². The molecule has 0 bridgehead atoms. The molecule has 0 fully saturated rings. The average molecular weight is 306 g/mol. The lowest BCUT2D eigenvalue weighted by atomic mass is 10.1. The molecule has 18 heavy (non-hydrogen) atoms. The molecule has 0 amide bonds. The van der Waals surface area contributed by atoms with Crippen LogP contribution in [0.15, 0.2) is 41.3 Å². The lowest BCUT2D eigenvalue weighted by molar-refractivity contribution is 0.165. The molecule has 0 radical (unpaired) electrons. The summed E-state index contributed by atoms with van der Waals surface area (Å²) in [4.78, 5) is 8.09. The van der Waals surface area contributed by atoms with E-state index in [-0.39, 0.29) is 6.04 Å². The van der Waals surface area contributed by atoms with Crippen molar-refractivity contribution >= 4 is 21.7 Å². The molecule has 1 aliphatic rings. The van der Waals surface area contributed by atoms with E-state index in [1.165, 1.54) is 11.9 Å². The number of halogens is 1. The molecule has 2 N–H and O–H groups in total. The fourth-order valence-corrected chi connectivity index (χ4v) is 2.65. The first kappa shape index (κ1) is 11.6. The zero-order valence-electron chi connectivity index (χ0n) is 9.55. The highest BCUT2D eigenvalue weighted by molar-refractivity contribution is 9.10. The first-order valence-corrected chi connectivity index (χ1v) is 6.53. The number of hydrogen-bond acceptors (Lipinski definition) is 4. The minimum absolute atomic E-state index is 0.118. The molecule has 2 atom stereocenters. The topological polar surface area (TPSA) is 58.0 Å². The summed E-state index contributed by atoms with van der Waals surface area (Å²) in [6.07, 6.45) is 3.42. The molecule has 0 saturated carbocycles. The highest BCUT2D eigenvalue weighted by atomic mass is 79.9. The minimum atomic E-state index is -0.427. The Morgan fingerprint density at radius 1 is 1.33 bits per heavy atom. The summed E-state index contributed by atoms with van der Waals surface area (Å²) in [7, 11) is 0. The van der Waals surface area contributed by atoms with Crippen LogP contribution in [0.25, 0.3) is 0 Å². The molecule has 4 nitrogen and oxygen atoms in total. The number of benzene rings is 1. The number of aliphatic hydroxyl groups is 1. The number of nitrogens with zero attached hydrogens (tertiary/aromatic N) is 2. The van der Waals surface area contributed by atoms with E-state index in [1.54, 1.807) is 6.20 Å². The van der Waals surface area contributed by atoms with E-state index in [0.717, 1.165) is 10.0 Å². The largest absolute Gasteiger partial charge is 0.390 e. The van der Waals surface area contributed by atoms with Crippen LogP contribution in [0.2, 0.25) is 0 Å². The Labute approximate surface area is 113 Å². The number of aromatic nitrogens is 2. The van der Waals surface area contributed by atoms with Crippen molar-refractivity contribution in [3.63, 3.8) is 0 Å². The van der Waals surface area contributed by atoms with Gasteiger partial charge in [-0.15, -0.1) is 0 Å². The van der Waals surface area contributed by atoms with Crippen molar-refractivity contribution in [1.29, 1.82) is 0 Å². The van der Waals surface area contributed by atoms with Crippen LogP contribution in [0.5, 0.6) is 0 Å². The first-order chi connectivity index (χ1) is 8.75. The average Bonchev–Trinajstić information content (AvgIpc) is 2.69. The maximum Gasteiger partial charge on any atom is 0.144 e. The molecule has 3 rings (SSSR count). The molecule has 1 aromatic carbocycles. The van der Waals surface area contributed by atoms with Gasteiger partial charge in [0.15, 0.2) is 0 Å². The number of anilines is 1. The Kier molecular flexibility index (Phi) is 3.01. The van der Waals surface area contributed by atoms with Crippen molar-refractivity contribution in [2.75, 3.05) is 5.32 Å². The molecular formula is C13H12BrN3O. The molecule has 1 aromatic heterocycles. The van der Waals surface area contributed by atoms with Gasteiger partial charge >= 0.3 is 0 Å². The molecular weight excluding hydrogens is 294 g/mol. The van der Waals surface area contributed by atoms with Crippen LogP contribution < -0.4 is 5.32 Å². The van der Waals surface area contributed by atoms with Crippen LogP contribution in [0.3, 0.4) is 0 Å². The maximum absolute atomic E-state index is 10.1. The van der Waals surface area contributed by atoms with E-state index in [2.05, 4.69) is 37.3 Å². The molecule has 1 aliphatic carbocycles. The van der Waals surface area contributed by atoms with Crippen molar-refractivity contribution < 1.29 is 5.11 Å². The van der Waals surface area contributed by atoms with Crippen molar-refractivity contribution in [2.45, 2.75) is 18.6 Å². The van der Waals surface area contributed by atoms with Gasteiger partial charge in [-0.25, -0.2) is 9.97 Å². The summed E-state index contributed by atoms with van der Waals surface area (Å²) < 4.78 is 0.793. The third kappa shape index (κ3) is 2.00. The van der Waals surface area contributed by atoms with Crippen LogP contribution in [0.4, 0.5) is 5.82 Å². The summed E-state index contributed by atoms with van der Waals surface area (Å²) in [6, 6.07) is 7.95. The Morgan fingerprint density at radius 3 is 3.00 bits per heavy atom. The van der Waals surface area contributed by atoms with Crippen molar-refractivity contribution in [1.82, 2.24) is 9.97 Å². The second kappa shape index (κ2) is 4.66. The van der Waals surface area contributed by atoms with Gasteiger partial charge in [0.25, 0.3) is 0 Å². The summed E-state index contributed by atoms with van der Waals surface area (Å²) >= 11 is 3.39. The Hall–Kier alpha value is -1.46. The number of aliphatic hydroxyl groups excluding tert-OH is 1. The Morgan fingerprint density at radius 2 is 2.17 bits per heavy atom. The van der Waals surface area contributed by atoms with Crippen molar-refractivity contribution in [2.24, 2.45) is 0 Å². The number of fused-ring (bicyclic) bond motifs is 1. The molecule has 0 saturated heterocycles. The highest BCUT2D eigenvalue weighted by Crippen LogP contribution is 2.34. The maximum atomic E-state index is 10.1. The first-order valence-electron chi connectivity index (χ1n) is 5.73. The minimum Gasteiger partial charge on any atom is -0.390 e. The SMILES string of the molecule is O[C@H]1Cc2ccccc2[C@H]1Nc1ncncc1Br. The van der Waals surface area contributed by atoms with Crippen LogP contribution in [0, 0.1) is 0 Å². The molecule has 0 spiro atoms. The second-order valence-corrected chi connectivity index (χ2v) is 5.17. The summed E-state index contributed by atoms with van der Waals surface area (Å²) in [5.41, 5.74) is 2.32. The second-order valence-electron chi connectivity index (χ2n) is 4.31. The van der Waals surface area contributed by atoms with Gasteiger partial charge in [-0.05, 0) is 27.1 Å². The van der Waals surface area contributed by atoms with Gasteiger partial charge < -0.3 is 10.4 Å². The van der Waals surface area contributed by atoms with Gasteiger partial charge in [-0.2, -0.15) is 0 Å². The lowest BCUT2D eigenvalue weighted by Gasteiger charge is -2.19. The molecule has 1 heterocycles. The van der Waals surface area contributed by atoms with E-state index in [9.17, 15) is 5.11 Å². The van der Waals surface area contributed by atoms with Gasteiger partial charge in [0.2, 0.25) is 0 Å². The number of hydrogen-bond donors (Lipinski definition) is 2. The number of nitrogens with one attached hydrogen (secondary N) is 1. The quantitative estimate of drug-likeness (QED) is 0.894. The van der Waals surface area contributed by atoms with Gasteiger partial charge in [-0.3, -0.25) is 0 Å². The van der Waals surface area contributed by atoms with E-state index in [1.807, 2.05) is 18.2 Å². The van der Waals surface area contributed by atoms with Crippen LogP contribution in [0.1, 0.15) is 17.2 Å². The zero-order chi connectivity index (χ0) is 12.5. The van der Waals surface area contributed by atoms with Gasteiger partial charge in [0.1, 0.15) is 12.1 Å². The molecule has 92 valence electrons. The zero-order valence-corrected chi connectivity index (χ0v) is 11.1. The molecule has 0 aliphatic heterocycles. The van der Waals surface area contributed by atoms with Crippen LogP contribution in [-0.4, -0.2) is 21.2 Å². The third-order valence-electron chi connectivity index (χ3n) is 3.16. The highest BCUT2D eigenvalue weighted by Gasteiger charge is 2.31. The smallest absolute Gasteiger partial charge is 0.144 e. The standard InChI is InChI=1S/C13H12BrN3O/c14-10-6-15-7-16-13(10)17-12-9-4-2-1-3-8(9)5-11(12)18/h1-4,6-7,11-12,18H,5H2,(H,15,16,17)/t11-,12+/m0/s1. The summed E-state index contributed by atoms with van der Waals surface area (Å²) in [6.45, 7) is 0. The van der Waals surface area contributed by atoms with Gasteiger partial charge in [-0.1, -0.05) is 24.3 Å². The van der Waals surface area contributed by atoms with Crippen molar-refractivity contribution in [3.8, 4) is 0 Å². The van der Waals surface area contributed by atoms with E-state index < -0.39 is 6.10 Å².